The zero-order valence-corrected chi connectivity index (χ0v) is 13.9. The molecule has 2 rings (SSSR count). The number of carbonyl (C=O) groups is 1. The summed E-state index contributed by atoms with van der Waals surface area (Å²) in [5, 5.41) is 9.57. The zero-order valence-electron chi connectivity index (χ0n) is 12.3. The van der Waals surface area contributed by atoms with Crippen molar-refractivity contribution in [1.82, 2.24) is 0 Å². The Hall–Kier alpha value is -2.25. The van der Waals surface area contributed by atoms with Crippen LogP contribution in [0.15, 0.2) is 41.3 Å². The van der Waals surface area contributed by atoms with Gasteiger partial charge in [0.1, 0.15) is 11.3 Å². The lowest BCUT2D eigenvalue weighted by molar-refractivity contribution is 0.0693. The molecular formula is C15H14ClNO5S. The van der Waals surface area contributed by atoms with E-state index < -0.39 is 16.0 Å². The highest BCUT2D eigenvalue weighted by Crippen LogP contribution is 2.27. The third-order valence-electron chi connectivity index (χ3n) is 3.22. The number of hydrogen-bond donors (Lipinski definition) is 2. The average molecular weight is 356 g/mol. The van der Waals surface area contributed by atoms with E-state index in [0.29, 0.717) is 16.3 Å². The lowest BCUT2D eigenvalue weighted by Crippen LogP contribution is -2.15. The van der Waals surface area contributed by atoms with E-state index in [2.05, 4.69) is 4.72 Å². The van der Waals surface area contributed by atoms with Gasteiger partial charge in [0, 0.05) is 5.02 Å². The van der Waals surface area contributed by atoms with E-state index >= 15 is 0 Å². The maximum atomic E-state index is 12.5. The number of rotatable bonds is 5. The number of carboxylic acids is 1. The van der Waals surface area contributed by atoms with Gasteiger partial charge in [-0.1, -0.05) is 17.7 Å². The Morgan fingerprint density at radius 3 is 2.57 bits per heavy atom. The molecule has 0 atom stereocenters. The molecule has 0 aliphatic rings. The molecule has 122 valence electrons. The number of sulfonamides is 1. The van der Waals surface area contributed by atoms with E-state index in [4.69, 9.17) is 21.4 Å². The predicted molar refractivity (Wildman–Crippen MR) is 87.0 cm³/mol. The Bertz CT molecular complexity index is 864. The van der Waals surface area contributed by atoms with Gasteiger partial charge in [0.25, 0.3) is 10.0 Å². The van der Waals surface area contributed by atoms with Crippen LogP contribution in [0.5, 0.6) is 5.75 Å². The van der Waals surface area contributed by atoms with Crippen molar-refractivity contribution in [2.75, 3.05) is 11.8 Å². The van der Waals surface area contributed by atoms with Crippen LogP contribution in [-0.2, 0) is 10.0 Å². The summed E-state index contributed by atoms with van der Waals surface area (Å²) in [7, 11) is -2.65. The summed E-state index contributed by atoms with van der Waals surface area (Å²) in [6, 6.07) is 8.44. The highest BCUT2D eigenvalue weighted by atomic mass is 35.5. The molecule has 0 radical (unpaired) electrons. The number of benzene rings is 2. The summed E-state index contributed by atoms with van der Waals surface area (Å²) in [5.41, 5.74) is 0.660. The van der Waals surface area contributed by atoms with Crippen molar-refractivity contribution in [3.8, 4) is 5.75 Å². The molecule has 8 heteroatoms. The second kappa shape index (κ2) is 6.47. The number of nitrogens with one attached hydrogen (secondary N) is 1. The number of methoxy groups -OCH3 is 1. The van der Waals surface area contributed by atoms with Crippen LogP contribution >= 0.6 is 11.6 Å². The van der Waals surface area contributed by atoms with Crippen LogP contribution in [0.4, 0.5) is 5.69 Å². The predicted octanol–water partition coefficient (Wildman–Crippen LogP) is 3.16. The summed E-state index contributed by atoms with van der Waals surface area (Å²) < 4.78 is 32.2. The van der Waals surface area contributed by atoms with E-state index in [9.17, 15) is 13.2 Å². The second-order valence-electron chi connectivity index (χ2n) is 4.69. The highest BCUT2D eigenvalue weighted by Gasteiger charge is 2.20. The van der Waals surface area contributed by atoms with E-state index in [-0.39, 0.29) is 16.2 Å². The Kier molecular flexibility index (Phi) is 4.82. The average Bonchev–Trinajstić information content (AvgIpc) is 2.51. The number of halogens is 1. The number of aromatic carboxylic acids is 1. The molecule has 0 aliphatic carbocycles. The minimum Gasteiger partial charge on any atom is -0.496 e. The van der Waals surface area contributed by atoms with E-state index in [1.807, 2.05) is 0 Å². The minimum atomic E-state index is -3.96. The molecule has 23 heavy (non-hydrogen) atoms. The molecule has 6 nitrogen and oxygen atoms in total. The number of carboxylic acid groups (broad SMARTS) is 1. The summed E-state index contributed by atoms with van der Waals surface area (Å²) in [5.74, 6) is -1.20. The summed E-state index contributed by atoms with van der Waals surface area (Å²) in [6.45, 7) is 1.68. The first-order chi connectivity index (χ1) is 10.8. The maximum Gasteiger partial charge on any atom is 0.339 e. The second-order valence-corrected chi connectivity index (χ2v) is 6.77. The molecule has 0 saturated carbocycles. The van der Waals surface area contributed by atoms with Crippen LogP contribution in [0, 0.1) is 6.92 Å². The van der Waals surface area contributed by atoms with Crippen molar-refractivity contribution in [2.45, 2.75) is 11.8 Å². The SMILES string of the molecule is COc1ccc(S(=O)(=O)Nc2cccc(Cl)c2C)cc1C(=O)O. The molecule has 2 N–H and O–H groups in total. The standard InChI is InChI=1S/C15H14ClNO5S/c1-9-12(16)4-3-5-13(9)17-23(20,21)10-6-7-14(22-2)11(8-10)15(18)19/h3-8,17H,1-2H3,(H,18,19). The van der Waals surface area contributed by atoms with Crippen LogP contribution in [0.1, 0.15) is 15.9 Å². The Morgan fingerprint density at radius 2 is 1.96 bits per heavy atom. The molecule has 0 fully saturated rings. The lowest BCUT2D eigenvalue weighted by Gasteiger charge is -2.13. The van der Waals surface area contributed by atoms with Gasteiger partial charge >= 0.3 is 5.97 Å². The van der Waals surface area contributed by atoms with Crippen LogP contribution < -0.4 is 9.46 Å². The van der Waals surface area contributed by atoms with Crippen LogP contribution in [0.3, 0.4) is 0 Å². The molecule has 0 bridgehead atoms. The van der Waals surface area contributed by atoms with Gasteiger partial charge in [-0.05, 0) is 42.8 Å². The third kappa shape index (κ3) is 3.57. The number of ether oxygens (including phenoxy) is 1. The smallest absolute Gasteiger partial charge is 0.339 e. The first-order valence-corrected chi connectivity index (χ1v) is 8.31. The first-order valence-electron chi connectivity index (χ1n) is 6.45. The van der Waals surface area contributed by atoms with Gasteiger partial charge in [-0.2, -0.15) is 0 Å². The maximum absolute atomic E-state index is 12.5. The van der Waals surface area contributed by atoms with Gasteiger partial charge in [-0.3, -0.25) is 4.72 Å². The van der Waals surface area contributed by atoms with Gasteiger partial charge in [-0.15, -0.1) is 0 Å². The topological polar surface area (TPSA) is 92.7 Å². The Labute approximate surface area is 138 Å². The van der Waals surface area contributed by atoms with Gasteiger partial charge in [0.15, 0.2) is 0 Å². The monoisotopic (exact) mass is 355 g/mol. The van der Waals surface area contributed by atoms with E-state index in [0.717, 1.165) is 6.07 Å². The first kappa shape index (κ1) is 17.1. The molecule has 0 aromatic heterocycles. The molecule has 0 saturated heterocycles. The third-order valence-corrected chi connectivity index (χ3v) is 5.00. The summed E-state index contributed by atoms with van der Waals surface area (Å²) in [4.78, 5) is 11.0. The van der Waals surface area contributed by atoms with Crippen LogP contribution in [0.25, 0.3) is 0 Å². The van der Waals surface area contributed by atoms with Crippen molar-refractivity contribution in [1.29, 1.82) is 0 Å². The van der Waals surface area contributed by atoms with Crippen LogP contribution in [-0.4, -0.2) is 26.6 Å². The Morgan fingerprint density at radius 1 is 1.26 bits per heavy atom. The van der Waals surface area contributed by atoms with Crippen molar-refractivity contribution < 1.29 is 23.1 Å². The van der Waals surface area contributed by atoms with Crippen molar-refractivity contribution >= 4 is 33.3 Å². The number of hydrogen-bond acceptors (Lipinski definition) is 4. The van der Waals surface area contributed by atoms with Crippen molar-refractivity contribution in [3.05, 3.63) is 52.5 Å². The van der Waals surface area contributed by atoms with Gasteiger partial charge in [0.05, 0.1) is 17.7 Å². The van der Waals surface area contributed by atoms with E-state index in [1.54, 1.807) is 25.1 Å². The molecule has 0 amide bonds. The normalized spacial score (nSPS) is 11.1. The lowest BCUT2D eigenvalue weighted by atomic mass is 10.2. The molecule has 0 heterocycles. The molecular weight excluding hydrogens is 342 g/mol. The summed E-state index contributed by atoms with van der Waals surface area (Å²) in [6.07, 6.45) is 0. The van der Waals surface area contributed by atoms with E-state index in [1.165, 1.54) is 19.2 Å². The molecule has 0 aliphatic heterocycles. The fourth-order valence-corrected chi connectivity index (χ4v) is 3.27. The highest BCUT2D eigenvalue weighted by molar-refractivity contribution is 7.92. The van der Waals surface area contributed by atoms with Crippen LogP contribution in [0.2, 0.25) is 5.02 Å². The van der Waals surface area contributed by atoms with Crippen molar-refractivity contribution in [3.63, 3.8) is 0 Å². The number of anilines is 1. The van der Waals surface area contributed by atoms with Gasteiger partial charge in [-0.25, -0.2) is 13.2 Å². The molecule has 2 aromatic rings. The van der Waals surface area contributed by atoms with Gasteiger partial charge < -0.3 is 9.84 Å². The largest absolute Gasteiger partial charge is 0.496 e. The van der Waals surface area contributed by atoms with Gasteiger partial charge in [0.2, 0.25) is 0 Å². The summed E-state index contributed by atoms with van der Waals surface area (Å²) >= 11 is 5.97. The molecule has 2 aromatic carbocycles. The quantitative estimate of drug-likeness (QED) is 0.859. The fourth-order valence-electron chi connectivity index (χ4n) is 1.94. The molecule has 0 unspecified atom stereocenters. The zero-order chi connectivity index (χ0) is 17.2. The fraction of sp³-hybridized carbons (Fsp3) is 0.133. The Balaban J connectivity index is 2.46. The van der Waals surface area contributed by atoms with Crippen molar-refractivity contribution in [2.24, 2.45) is 0 Å². The minimum absolute atomic E-state index is 0.0791. The molecule has 0 spiro atoms.